The molecule has 0 aliphatic rings. The summed E-state index contributed by atoms with van der Waals surface area (Å²) in [6.45, 7) is 2.04. The third-order valence-electron chi connectivity index (χ3n) is 2.12. The fraction of sp³-hybridized carbons (Fsp3) is 0.0769. The van der Waals surface area contributed by atoms with Crippen LogP contribution in [0.2, 0.25) is 0 Å². The summed E-state index contributed by atoms with van der Waals surface area (Å²) in [4.78, 5) is 9.49. The van der Waals surface area contributed by atoms with Crippen LogP contribution in [0.5, 0.6) is 5.75 Å². The van der Waals surface area contributed by atoms with Gasteiger partial charge in [-0.25, -0.2) is 0 Å². The molecule has 0 saturated carbocycles. The molecule has 1 radical (unpaired) electrons. The minimum absolute atomic E-state index is 0. The van der Waals surface area contributed by atoms with Crippen molar-refractivity contribution in [1.82, 2.24) is 0 Å². The number of anilines is 1. The van der Waals surface area contributed by atoms with Crippen LogP contribution in [-0.2, 0) is 17.1 Å². The summed E-state index contributed by atoms with van der Waals surface area (Å²) in [5.74, 6) is -0.0887. The van der Waals surface area contributed by atoms with Crippen LogP contribution in [0.4, 0.5) is 11.4 Å². The second-order valence-corrected chi connectivity index (χ2v) is 3.69. The number of nitrogen functional groups attached to an aromatic ring is 1. The van der Waals surface area contributed by atoms with Gasteiger partial charge in [-0.2, -0.15) is 0 Å². The third-order valence-corrected chi connectivity index (χ3v) is 2.12. The number of aromatic hydroxyl groups is 1. The summed E-state index contributed by atoms with van der Waals surface area (Å²) < 4.78 is 0. The number of hydrogen-bond donors (Lipinski definition) is 2. The van der Waals surface area contributed by atoms with Gasteiger partial charge in [0.15, 0.2) is 0 Å². The minimum atomic E-state index is -0.556. The van der Waals surface area contributed by atoms with Gasteiger partial charge in [-0.1, -0.05) is 23.8 Å². The molecule has 0 atom stereocenters. The number of rotatable bonds is 1. The van der Waals surface area contributed by atoms with E-state index < -0.39 is 4.92 Å². The first-order chi connectivity index (χ1) is 8.49. The number of phenols is 1. The van der Waals surface area contributed by atoms with Gasteiger partial charge in [-0.05, 0) is 25.1 Å². The zero-order valence-electron chi connectivity index (χ0n) is 10.6. The van der Waals surface area contributed by atoms with E-state index in [9.17, 15) is 10.1 Å². The van der Waals surface area contributed by atoms with Crippen LogP contribution in [-0.4, -0.2) is 10.0 Å². The van der Waals surface area contributed by atoms with Gasteiger partial charge in [0.25, 0.3) is 5.69 Å². The number of nitro groups is 1. The molecular formula is C13H14ClCuN2O3-. The van der Waals surface area contributed by atoms with Crippen molar-refractivity contribution in [3.05, 3.63) is 64.2 Å². The van der Waals surface area contributed by atoms with Crippen molar-refractivity contribution in [3.8, 4) is 5.75 Å². The molecule has 0 aromatic heterocycles. The van der Waals surface area contributed by atoms with Gasteiger partial charge in [0.1, 0.15) is 5.75 Å². The molecule has 0 saturated heterocycles. The van der Waals surface area contributed by atoms with Gasteiger partial charge in [0.05, 0.1) is 11.0 Å². The Kier molecular flexibility index (Phi) is 10.4. The molecule has 7 heteroatoms. The molecular weight excluding hydrogens is 331 g/mol. The maximum Gasteiger partial charge on any atom is 0.273 e. The van der Waals surface area contributed by atoms with Crippen LogP contribution >= 0.6 is 0 Å². The molecule has 0 aliphatic carbocycles. The number of aryl methyl sites for hydroxylation is 1. The molecule has 3 N–H and O–H groups in total. The van der Waals surface area contributed by atoms with Crippen molar-refractivity contribution in [3.63, 3.8) is 0 Å². The second-order valence-electron chi connectivity index (χ2n) is 3.69. The Morgan fingerprint density at radius 2 is 1.70 bits per heavy atom. The fourth-order valence-electron chi connectivity index (χ4n) is 1.17. The average Bonchev–Trinajstić information content (AvgIpc) is 2.34. The van der Waals surface area contributed by atoms with Crippen LogP contribution < -0.4 is 18.1 Å². The zero-order valence-corrected chi connectivity index (χ0v) is 12.3. The summed E-state index contributed by atoms with van der Waals surface area (Å²) in [5, 5.41) is 18.8. The summed E-state index contributed by atoms with van der Waals surface area (Å²) in [5.41, 5.74) is 7.41. The number of nitrogens with two attached hydrogens (primary N) is 1. The molecule has 113 valence electrons. The standard InChI is InChI=1S/C7H9N.C6H5NO3.ClH.Cu/c1-6-2-4-7(8)5-3-6;8-6-3-1-2-5(4-6)7(9)10;;/h2-5H,8H2,1H3;1-4,8H;1H;/p-1. The average molecular weight is 345 g/mol. The molecule has 0 unspecified atom stereocenters. The summed E-state index contributed by atoms with van der Waals surface area (Å²) in [7, 11) is 0. The largest absolute Gasteiger partial charge is 1.00 e. The van der Waals surface area contributed by atoms with Crippen LogP contribution in [0, 0.1) is 17.0 Å². The molecule has 2 aromatic rings. The number of phenolic OH excluding ortho intramolecular Hbond substituents is 1. The SMILES string of the molecule is Cc1ccc(N)cc1.O=[N+]([O-])c1cccc(O)c1.[Cl-].[Cu]. The van der Waals surface area contributed by atoms with Gasteiger partial charge in [0, 0.05) is 28.8 Å². The van der Waals surface area contributed by atoms with E-state index in [1.165, 1.54) is 23.8 Å². The quantitative estimate of drug-likeness (QED) is 0.326. The predicted octanol–water partition coefficient (Wildman–Crippen LogP) is -0.121. The smallest absolute Gasteiger partial charge is 0.273 e. The number of nitro benzene ring substituents is 1. The molecule has 0 amide bonds. The Morgan fingerprint density at radius 3 is 2.05 bits per heavy atom. The Balaban J connectivity index is 0. The Morgan fingerprint density at radius 1 is 1.15 bits per heavy atom. The van der Waals surface area contributed by atoms with Crippen LogP contribution in [0.25, 0.3) is 0 Å². The number of non-ortho nitro benzene ring substituents is 1. The van der Waals surface area contributed by atoms with E-state index in [0.29, 0.717) is 0 Å². The number of halogens is 1. The van der Waals surface area contributed by atoms with E-state index >= 15 is 0 Å². The van der Waals surface area contributed by atoms with E-state index in [1.54, 1.807) is 0 Å². The van der Waals surface area contributed by atoms with Crippen molar-refractivity contribution in [1.29, 1.82) is 0 Å². The maximum atomic E-state index is 10.0. The minimum Gasteiger partial charge on any atom is -1.00 e. The van der Waals surface area contributed by atoms with Gasteiger partial charge in [0.2, 0.25) is 0 Å². The van der Waals surface area contributed by atoms with E-state index in [-0.39, 0.29) is 40.9 Å². The maximum absolute atomic E-state index is 10.0. The van der Waals surface area contributed by atoms with E-state index in [2.05, 4.69) is 0 Å². The molecule has 0 heterocycles. The van der Waals surface area contributed by atoms with Crippen LogP contribution in [0.15, 0.2) is 48.5 Å². The molecule has 20 heavy (non-hydrogen) atoms. The van der Waals surface area contributed by atoms with Crippen molar-refractivity contribution < 1.29 is 39.5 Å². The summed E-state index contributed by atoms with van der Waals surface area (Å²) >= 11 is 0. The third kappa shape index (κ3) is 7.63. The topological polar surface area (TPSA) is 89.4 Å². The first-order valence-corrected chi connectivity index (χ1v) is 5.24. The molecule has 0 fully saturated rings. The number of benzene rings is 2. The van der Waals surface area contributed by atoms with Crippen molar-refractivity contribution in [2.24, 2.45) is 0 Å². The van der Waals surface area contributed by atoms with Crippen LogP contribution in [0.1, 0.15) is 5.56 Å². The first-order valence-electron chi connectivity index (χ1n) is 5.24. The molecule has 0 aliphatic heterocycles. The molecule has 0 spiro atoms. The van der Waals surface area contributed by atoms with E-state index in [0.717, 1.165) is 11.8 Å². The normalized spacial score (nSPS) is 8.25. The Bertz CT molecular complexity index is 514. The Hall–Kier alpha value is -1.75. The van der Waals surface area contributed by atoms with Gasteiger partial charge in [-0.15, -0.1) is 0 Å². The molecule has 5 nitrogen and oxygen atoms in total. The summed E-state index contributed by atoms with van der Waals surface area (Å²) in [6.07, 6.45) is 0. The van der Waals surface area contributed by atoms with E-state index in [1.807, 2.05) is 31.2 Å². The molecule has 2 rings (SSSR count). The Labute approximate surface area is 133 Å². The number of hydrogen-bond acceptors (Lipinski definition) is 4. The fourth-order valence-corrected chi connectivity index (χ4v) is 1.17. The number of nitrogens with zero attached hydrogens (tertiary/aromatic N) is 1. The zero-order chi connectivity index (χ0) is 13.5. The predicted molar refractivity (Wildman–Crippen MR) is 70.4 cm³/mol. The van der Waals surface area contributed by atoms with E-state index in [4.69, 9.17) is 10.8 Å². The van der Waals surface area contributed by atoms with Gasteiger partial charge >= 0.3 is 0 Å². The monoisotopic (exact) mass is 344 g/mol. The van der Waals surface area contributed by atoms with Crippen molar-refractivity contribution in [2.45, 2.75) is 6.92 Å². The van der Waals surface area contributed by atoms with Crippen LogP contribution in [0.3, 0.4) is 0 Å². The molecule has 2 aromatic carbocycles. The second kappa shape index (κ2) is 10.1. The summed E-state index contributed by atoms with van der Waals surface area (Å²) in [6, 6.07) is 13.0. The van der Waals surface area contributed by atoms with Gasteiger partial charge in [-0.3, -0.25) is 10.1 Å². The van der Waals surface area contributed by atoms with Crippen molar-refractivity contribution >= 4 is 11.4 Å². The molecule has 0 bridgehead atoms. The van der Waals surface area contributed by atoms with Crippen molar-refractivity contribution in [2.75, 3.05) is 5.73 Å². The first kappa shape index (κ1) is 20.6. The van der Waals surface area contributed by atoms with Gasteiger partial charge < -0.3 is 23.2 Å².